The second-order valence-electron chi connectivity index (χ2n) is 8.64. The molecule has 8 nitrogen and oxygen atoms in total. The summed E-state index contributed by atoms with van der Waals surface area (Å²) in [6.07, 6.45) is -2.91. The number of alkyl halides is 3. The summed E-state index contributed by atoms with van der Waals surface area (Å²) < 4.78 is 57.7. The fourth-order valence-electron chi connectivity index (χ4n) is 4.39. The van der Waals surface area contributed by atoms with Crippen molar-refractivity contribution in [2.45, 2.75) is 37.0 Å². The van der Waals surface area contributed by atoms with Crippen molar-refractivity contribution in [3.05, 3.63) is 53.6 Å². The Balaban J connectivity index is 1.44. The molecule has 0 spiro atoms. The summed E-state index contributed by atoms with van der Waals surface area (Å²) in [5, 5.41) is 0. The Labute approximate surface area is 196 Å². The topological polar surface area (TPSA) is 83.0 Å². The lowest BCUT2D eigenvalue weighted by molar-refractivity contribution is -0.325. The number of aryl methyl sites for hydroxylation is 1. The van der Waals surface area contributed by atoms with E-state index in [0.717, 1.165) is 5.69 Å². The van der Waals surface area contributed by atoms with Gasteiger partial charge in [0.2, 0.25) is 0 Å². The summed E-state index contributed by atoms with van der Waals surface area (Å²) in [7, 11) is 3.68. The van der Waals surface area contributed by atoms with Gasteiger partial charge in [-0.3, -0.25) is 14.5 Å². The first-order valence-corrected chi connectivity index (χ1v) is 10.9. The van der Waals surface area contributed by atoms with Crippen LogP contribution in [0.4, 0.5) is 13.2 Å². The Morgan fingerprint density at radius 1 is 1.26 bits per heavy atom. The number of aromatic nitrogens is 2. The Hall–Kier alpha value is -2.63. The molecule has 13 heteroatoms. The third-order valence-corrected chi connectivity index (χ3v) is 5.76. The molecule has 2 aliphatic heterocycles. The maximum Gasteiger partial charge on any atom is 0.522 e. The number of ether oxygens (including phenoxy) is 4. The zero-order chi connectivity index (χ0) is 24.6. The number of carbonyl (C=O) groups is 1. The molecule has 0 bridgehead atoms. The molecule has 180 valence electrons. The van der Waals surface area contributed by atoms with Gasteiger partial charge in [0, 0.05) is 19.2 Å². The fourth-order valence-corrected chi connectivity index (χ4v) is 4.39. The summed E-state index contributed by atoms with van der Waals surface area (Å²) in [5.74, 6) is 0.00222. The number of piperidine rings is 1. The smallest absolute Gasteiger partial charge is 0.489 e. The van der Waals surface area contributed by atoms with Gasteiger partial charge in [0.25, 0.3) is 5.91 Å². The third-order valence-electron chi connectivity index (χ3n) is 5.76. The molecular weight excluding hydrogens is 453 g/mol. The highest BCUT2D eigenvalue weighted by Gasteiger charge is 2.57. The number of likely N-dealkylation sites (tertiary alicyclic amines) is 1. The Bertz CT molecular complexity index is 1040. The molecule has 2 atom stereocenters. The minimum atomic E-state index is -4.71. The van der Waals surface area contributed by atoms with Gasteiger partial charge in [-0.15, -0.1) is 13.2 Å². The lowest BCUT2D eigenvalue weighted by Crippen LogP contribution is -2.54. The van der Waals surface area contributed by atoms with E-state index < -0.39 is 30.3 Å². The highest BCUT2D eigenvalue weighted by Crippen LogP contribution is 2.46. The second kappa shape index (κ2) is 9.20. The number of fused-ring (bicyclic) bond motifs is 1. The standard InChI is InChI=1S/C21H24B2F3N3O5/c1-13-15(31-10-11-32-21(24,25)26)6-5-14(28-13)18(30)29-9-7-19(16-4-2-3-8-27-16)17(12-29)33-20(22,23)34-19/h2-6,8,17H,7,9-12,22-23H2,1H3. The van der Waals surface area contributed by atoms with Crippen LogP contribution >= 0.6 is 0 Å². The number of hydrogen-bond donors (Lipinski definition) is 0. The molecule has 2 aliphatic rings. The molecule has 2 unspecified atom stereocenters. The van der Waals surface area contributed by atoms with Gasteiger partial charge in [-0.25, -0.2) is 4.98 Å². The van der Waals surface area contributed by atoms with E-state index in [4.69, 9.17) is 14.2 Å². The number of pyridine rings is 2. The van der Waals surface area contributed by atoms with E-state index in [0.29, 0.717) is 25.2 Å². The number of amides is 1. The largest absolute Gasteiger partial charge is 0.522 e. The number of halogens is 3. The van der Waals surface area contributed by atoms with Crippen LogP contribution in [0.1, 0.15) is 28.3 Å². The van der Waals surface area contributed by atoms with Gasteiger partial charge in [0.1, 0.15) is 29.8 Å². The van der Waals surface area contributed by atoms with Crippen LogP contribution in [0.2, 0.25) is 0 Å². The molecule has 0 radical (unpaired) electrons. The van der Waals surface area contributed by atoms with Crippen molar-refractivity contribution in [3.8, 4) is 5.75 Å². The van der Waals surface area contributed by atoms with Crippen LogP contribution < -0.4 is 4.74 Å². The van der Waals surface area contributed by atoms with E-state index in [2.05, 4.69) is 14.7 Å². The highest BCUT2D eigenvalue weighted by atomic mass is 19.4. The second-order valence-corrected chi connectivity index (χ2v) is 8.64. The number of hydrogen-bond acceptors (Lipinski definition) is 7. The molecule has 2 saturated heterocycles. The van der Waals surface area contributed by atoms with Gasteiger partial charge in [0.05, 0.1) is 30.1 Å². The summed E-state index contributed by atoms with van der Waals surface area (Å²) in [6, 6.07) is 8.64. The van der Waals surface area contributed by atoms with Crippen LogP contribution in [0.25, 0.3) is 0 Å². The highest BCUT2D eigenvalue weighted by molar-refractivity contribution is 6.38. The van der Waals surface area contributed by atoms with E-state index in [-0.39, 0.29) is 24.0 Å². The van der Waals surface area contributed by atoms with Crippen molar-refractivity contribution >= 4 is 21.6 Å². The van der Waals surface area contributed by atoms with E-state index in [1.807, 2.05) is 33.9 Å². The Kier molecular flexibility index (Phi) is 6.63. The summed E-state index contributed by atoms with van der Waals surface area (Å²) >= 11 is 0. The van der Waals surface area contributed by atoms with Crippen LogP contribution in [0.5, 0.6) is 5.75 Å². The summed E-state index contributed by atoms with van der Waals surface area (Å²) in [5.41, 5.74) is -0.215. The number of nitrogens with zero attached hydrogens (tertiary/aromatic N) is 3. The summed E-state index contributed by atoms with van der Waals surface area (Å²) in [6.45, 7) is 1.39. The molecule has 0 aliphatic carbocycles. The third kappa shape index (κ3) is 5.21. The Morgan fingerprint density at radius 2 is 2.06 bits per heavy atom. The number of carbonyl (C=O) groups excluding carboxylic acids is 1. The minimum Gasteiger partial charge on any atom is -0.489 e. The normalized spacial score (nSPS) is 24.0. The van der Waals surface area contributed by atoms with Crippen molar-refractivity contribution in [3.63, 3.8) is 0 Å². The molecule has 1 amide bonds. The van der Waals surface area contributed by atoms with E-state index in [9.17, 15) is 18.0 Å². The quantitative estimate of drug-likeness (QED) is 0.449. The molecule has 34 heavy (non-hydrogen) atoms. The van der Waals surface area contributed by atoms with Crippen LogP contribution in [-0.4, -0.2) is 80.8 Å². The van der Waals surface area contributed by atoms with Crippen molar-refractivity contribution in [2.75, 3.05) is 26.3 Å². The molecule has 2 aromatic heterocycles. The van der Waals surface area contributed by atoms with Gasteiger partial charge in [0.15, 0.2) is 15.7 Å². The van der Waals surface area contributed by atoms with Crippen LogP contribution in [-0.2, 0) is 19.8 Å². The van der Waals surface area contributed by atoms with Crippen LogP contribution in [0.3, 0.4) is 0 Å². The minimum absolute atomic E-state index is 0.208. The SMILES string of the molecule is BC1(B)OC2CN(C(=O)c3ccc(OCCOC(F)(F)F)c(C)n3)CCC2(c2ccccn2)O1. The van der Waals surface area contributed by atoms with Crippen LogP contribution in [0, 0.1) is 6.92 Å². The van der Waals surface area contributed by atoms with Gasteiger partial charge in [-0.2, -0.15) is 0 Å². The molecule has 0 saturated carbocycles. The summed E-state index contributed by atoms with van der Waals surface area (Å²) in [4.78, 5) is 23.6. The van der Waals surface area contributed by atoms with Crippen molar-refractivity contribution in [1.82, 2.24) is 14.9 Å². The van der Waals surface area contributed by atoms with Crippen molar-refractivity contribution in [1.29, 1.82) is 0 Å². The molecule has 2 fully saturated rings. The monoisotopic (exact) mass is 477 g/mol. The lowest BCUT2D eigenvalue weighted by Gasteiger charge is -2.41. The number of rotatable bonds is 6. The van der Waals surface area contributed by atoms with Gasteiger partial charge in [-0.1, -0.05) is 6.07 Å². The Morgan fingerprint density at radius 3 is 2.74 bits per heavy atom. The fraction of sp³-hybridized carbons (Fsp3) is 0.476. The maximum atomic E-state index is 13.2. The van der Waals surface area contributed by atoms with Gasteiger partial charge in [-0.05, 0) is 31.2 Å². The predicted octanol–water partition coefficient (Wildman–Crippen LogP) is 0.735. The average molecular weight is 477 g/mol. The first-order chi connectivity index (χ1) is 16.0. The predicted molar refractivity (Wildman–Crippen MR) is 119 cm³/mol. The zero-order valence-electron chi connectivity index (χ0n) is 19.1. The molecule has 0 N–H and O–H groups in total. The maximum absolute atomic E-state index is 13.2. The molecule has 2 aromatic rings. The first kappa shape index (κ1) is 24.5. The van der Waals surface area contributed by atoms with Crippen LogP contribution in [0.15, 0.2) is 36.5 Å². The van der Waals surface area contributed by atoms with Gasteiger partial charge < -0.3 is 19.1 Å². The van der Waals surface area contributed by atoms with E-state index in [1.165, 1.54) is 12.1 Å². The van der Waals surface area contributed by atoms with E-state index in [1.54, 1.807) is 18.0 Å². The van der Waals surface area contributed by atoms with Gasteiger partial charge >= 0.3 is 6.36 Å². The van der Waals surface area contributed by atoms with E-state index >= 15 is 0 Å². The van der Waals surface area contributed by atoms with Crippen molar-refractivity contribution < 1.29 is 36.9 Å². The first-order valence-electron chi connectivity index (χ1n) is 10.9. The molecule has 0 aromatic carbocycles. The molecular formula is C21H24B2F3N3O5. The molecule has 4 rings (SSSR count). The average Bonchev–Trinajstić information content (AvgIpc) is 3.07. The lowest BCUT2D eigenvalue weighted by atomic mass is 9.76. The van der Waals surface area contributed by atoms with Crippen molar-refractivity contribution in [2.24, 2.45) is 0 Å². The molecule has 4 heterocycles. The zero-order valence-corrected chi connectivity index (χ0v) is 19.1.